The Morgan fingerprint density at radius 3 is 2.90 bits per heavy atom. The SMILES string of the molecule is c1cc2cc(CNc3ccc4[nH]ncc4c3)ccc2[nH]1. The molecular weight excluding hydrogens is 248 g/mol. The number of nitrogens with one attached hydrogen (secondary N) is 3. The molecule has 4 rings (SSSR count). The standard InChI is InChI=1S/C16H14N4/c1-3-15-12(5-6-17-15)7-11(1)9-18-14-2-4-16-13(8-14)10-19-20-16/h1-8,10,17-18H,9H2,(H,19,20). The molecule has 0 bridgehead atoms. The van der Waals surface area contributed by atoms with E-state index in [0.29, 0.717) is 0 Å². The molecule has 4 heteroatoms. The number of hydrogen-bond acceptors (Lipinski definition) is 2. The van der Waals surface area contributed by atoms with E-state index in [1.54, 1.807) is 0 Å². The Kier molecular flexibility index (Phi) is 2.45. The highest BCUT2D eigenvalue weighted by Gasteiger charge is 2.00. The predicted molar refractivity (Wildman–Crippen MR) is 81.7 cm³/mol. The van der Waals surface area contributed by atoms with E-state index in [2.05, 4.69) is 56.9 Å². The Labute approximate surface area is 115 Å². The largest absolute Gasteiger partial charge is 0.381 e. The topological polar surface area (TPSA) is 56.5 Å². The van der Waals surface area contributed by atoms with E-state index >= 15 is 0 Å². The molecule has 0 fully saturated rings. The summed E-state index contributed by atoms with van der Waals surface area (Å²) in [6.07, 6.45) is 3.81. The summed E-state index contributed by atoms with van der Waals surface area (Å²) in [6, 6.07) is 14.8. The number of hydrogen-bond donors (Lipinski definition) is 3. The molecule has 0 radical (unpaired) electrons. The third-order valence-corrected chi connectivity index (χ3v) is 3.55. The first-order chi connectivity index (χ1) is 9.88. The van der Waals surface area contributed by atoms with Crippen molar-refractivity contribution in [3.63, 3.8) is 0 Å². The summed E-state index contributed by atoms with van der Waals surface area (Å²) >= 11 is 0. The number of rotatable bonds is 3. The summed E-state index contributed by atoms with van der Waals surface area (Å²) in [5, 5.41) is 12.8. The lowest BCUT2D eigenvalue weighted by molar-refractivity contribution is 1.12. The fourth-order valence-corrected chi connectivity index (χ4v) is 2.47. The summed E-state index contributed by atoms with van der Waals surface area (Å²) in [4.78, 5) is 3.21. The third-order valence-electron chi connectivity index (χ3n) is 3.55. The van der Waals surface area contributed by atoms with Crippen molar-refractivity contribution < 1.29 is 0 Å². The Morgan fingerprint density at radius 1 is 0.950 bits per heavy atom. The summed E-state index contributed by atoms with van der Waals surface area (Å²) in [7, 11) is 0. The molecule has 0 saturated carbocycles. The van der Waals surface area contributed by atoms with Crippen molar-refractivity contribution >= 4 is 27.5 Å². The van der Waals surface area contributed by atoms with Crippen LogP contribution < -0.4 is 5.32 Å². The Balaban J connectivity index is 1.56. The summed E-state index contributed by atoms with van der Waals surface area (Å²) in [5.74, 6) is 0. The molecule has 0 aliphatic carbocycles. The number of fused-ring (bicyclic) bond motifs is 2. The van der Waals surface area contributed by atoms with Gasteiger partial charge in [0.05, 0.1) is 11.7 Å². The van der Waals surface area contributed by atoms with E-state index in [0.717, 1.165) is 23.1 Å². The minimum Gasteiger partial charge on any atom is -0.381 e. The maximum atomic E-state index is 4.03. The first kappa shape index (κ1) is 11.1. The van der Waals surface area contributed by atoms with Crippen LogP contribution in [0, 0.1) is 0 Å². The van der Waals surface area contributed by atoms with Crippen molar-refractivity contribution in [3.8, 4) is 0 Å². The van der Waals surface area contributed by atoms with E-state index in [1.807, 2.05) is 18.5 Å². The quantitative estimate of drug-likeness (QED) is 0.528. The fourth-order valence-electron chi connectivity index (χ4n) is 2.47. The monoisotopic (exact) mass is 262 g/mol. The van der Waals surface area contributed by atoms with Crippen molar-refractivity contribution in [3.05, 3.63) is 60.4 Å². The third kappa shape index (κ3) is 1.91. The average molecular weight is 262 g/mol. The van der Waals surface area contributed by atoms with Gasteiger partial charge in [-0.2, -0.15) is 5.10 Å². The molecule has 20 heavy (non-hydrogen) atoms. The van der Waals surface area contributed by atoms with Gasteiger partial charge in [0, 0.05) is 29.3 Å². The van der Waals surface area contributed by atoms with Crippen LogP contribution in [0.5, 0.6) is 0 Å². The van der Waals surface area contributed by atoms with Crippen LogP contribution in [-0.4, -0.2) is 15.2 Å². The zero-order valence-electron chi connectivity index (χ0n) is 10.9. The van der Waals surface area contributed by atoms with E-state index in [1.165, 1.54) is 16.5 Å². The van der Waals surface area contributed by atoms with E-state index in [-0.39, 0.29) is 0 Å². The molecule has 0 saturated heterocycles. The van der Waals surface area contributed by atoms with Crippen LogP contribution in [0.1, 0.15) is 5.56 Å². The number of H-pyrrole nitrogens is 2. The molecule has 0 amide bonds. The van der Waals surface area contributed by atoms with Gasteiger partial charge >= 0.3 is 0 Å². The van der Waals surface area contributed by atoms with Crippen LogP contribution in [0.25, 0.3) is 21.8 Å². The lowest BCUT2D eigenvalue weighted by atomic mass is 10.1. The van der Waals surface area contributed by atoms with Crippen molar-refractivity contribution in [2.45, 2.75) is 6.54 Å². The second kappa shape index (κ2) is 4.42. The molecule has 2 heterocycles. The molecule has 0 aliphatic rings. The molecule has 2 aromatic carbocycles. The van der Waals surface area contributed by atoms with Crippen LogP contribution in [0.15, 0.2) is 54.9 Å². The van der Waals surface area contributed by atoms with Crippen LogP contribution in [-0.2, 0) is 6.54 Å². The maximum Gasteiger partial charge on any atom is 0.0651 e. The molecule has 2 aromatic heterocycles. The first-order valence-corrected chi connectivity index (χ1v) is 6.61. The molecule has 0 spiro atoms. The molecule has 4 aromatic rings. The van der Waals surface area contributed by atoms with Crippen molar-refractivity contribution in [1.82, 2.24) is 15.2 Å². The molecule has 98 valence electrons. The van der Waals surface area contributed by atoms with Crippen LogP contribution in [0.3, 0.4) is 0 Å². The predicted octanol–water partition coefficient (Wildman–Crippen LogP) is 3.66. The highest BCUT2D eigenvalue weighted by Crippen LogP contribution is 2.19. The van der Waals surface area contributed by atoms with Gasteiger partial charge in [-0.15, -0.1) is 0 Å². The average Bonchev–Trinajstić information content (AvgIpc) is 3.12. The molecule has 0 atom stereocenters. The number of nitrogens with zero attached hydrogens (tertiary/aromatic N) is 1. The second-order valence-corrected chi connectivity index (χ2v) is 4.92. The normalized spacial score (nSPS) is 11.2. The van der Waals surface area contributed by atoms with Gasteiger partial charge in [0.1, 0.15) is 0 Å². The summed E-state index contributed by atoms with van der Waals surface area (Å²) in [5.41, 5.74) is 4.61. The molecule has 0 aliphatic heterocycles. The minimum absolute atomic E-state index is 0.810. The van der Waals surface area contributed by atoms with Crippen molar-refractivity contribution in [1.29, 1.82) is 0 Å². The number of aromatic amines is 2. The summed E-state index contributed by atoms with van der Waals surface area (Å²) in [6.45, 7) is 0.810. The number of aromatic nitrogens is 3. The number of benzene rings is 2. The van der Waals surface area contributed by atoms with Gasteiger partial charge in [-0.1, -0.05) is 6.07 Å². The maximum absolute atomic E-state index is 4.03. The molecular formula is C16H14N4. The van der Waals surface area contributed by atoms with E-state index in [4.69, 9.17) is 0 Å². The highest BCUT2D eigenvalue weighted by atomic mass is 15.1. The van der Waals surface area contributed by atoms with Crippen LogP contribution >= 0.6 is 0 Å². The van der Waals surface area contributed by atoms with Crippen molar-refractivity contribution in [2.75, 3.05) is 5.32 Å². The second-order valence-electron chi connectivity index (χ2n) is 4.92. The molecule has 0 unspecified atom stereocenters. The zero-order valence-corrected chi connectivity index (χ0v) is 10.9. The minimum atomic E-state index is 0.810. The van der Waals surface area contributed by atoms with Crippen LogP contribution in [0.4, 0.5) is 5.69 Å². The van der Waals surface area contributed by atoms with Crippen molar-refractivity contribution in [2.24, 2.45) is 0 Å². The van der Waals surface area contributed by atoms with E-state index in [9.17, 15) is 0 Å². The Bertz CT molecular complexity index is 798. The van der Waals surface area contributed by atoms with Gasteiger partial charge in [0.25, 0.3) is 0 Å². The zero-order chi connectivity index (χ0) is 13.4. The van der Waals surface area contributed by atoms with Gasteiger partial charge < -0.3 is 10.3 Å². The van der Waals surface area contributed by atoms with E-state index < -0.39 is 0 Å². The first-order valence-electron chi connectivity index (χ1n) is 6.61. The van der Waals surface area contributed by atoms with Gasteiger partial charge in [0.15, 0.2) is 0 Å². The summed E-state index contributed by atoms with van der Waals surface area (Å²) < 4.78 is 0. The molecule has 4 nitrogen and oxygen atoms in total. The Hall–Kier alpha value is -2.75. The van der Waals surface area contributed by atoms with Crippen LogP contribution in [0.2, 0.25) is 0 Å². The fraction of sp³-hybridized carbons (Fsp3) is 0.0625. The molecule has 3 N–H and O–H groups in total. The van der Waals surface area contributed by atoms with Gasteiger partial charge in [0.2, 0.25) is 0 Å². The van der Waals surface area contributed by atoms with Gasteiger partial charge in [-0.25, -0.2) is 0 Å². The van der Waals surface area contributed by atoms with Gasteiger partial charge in [-0.05, 0) is 47.3 Å². The van der Waals surface area contributed by atoms with Gasteiger partial charge in [-0.3, -0.25) is 5.10 Å². The number of anilines is 1. The Morgan fingerprint density at radius 2 is 1.90 bits per heavy atom. The highest BCUT2D eigenvalue weighted by molar-refractivity contribution is 5.82. The smallest absolute Gasteiger partial charge is 0.0651 e. The lowest BCUT2D eigenvalue weighted by Crippen LogP contribution is -1.98. The lowest BCUT2D eigenvalue weighted by Gasteiger charge is -2.07.